The van der Waals surface area contributed by atoms with E-state index in [-0.39, 0.29) is 6.04 Å². The van der Waals surface area contributed by atoms with Crippen molar-refractivity contribution >= 4 is 0 Å². The number of aryl methyl sites for hydroxylation is 1. The van der Waals surface area contributed by atoms with Gasteiger partial charge in [0.05, 0.1) is 0 Å². The first-order valence-corrected chi connectivity index (χ1v) is 6.27. The fourth-order valence-corrected chi connectivity index (χ4v) is 1.80. The SMILES string of the molecule is CC(CC(Cc1nccn1C)NN)C(C)(C)C. The van der Waals surface area contributed by atoms with E-state index in [0.717, 1.165) is 18.7 Å². The summed E-state index contributed by atoms with van der Waals surface area (Å²) in [6.45, 7) is 9.09. The molecule has 0 bridgehead atoms. The lowest BCUT2D eigenvalue weighted by atomic mass is 9.78. The minimum absolute atomic E-state index is 0.283. The summed E-state index contributed by atoms with van der Waals surface area (Å²) < 4.78 is 2.05. The number of imidazole rings is 1. The highest BCUT2D eigenvalue weighted by atomic mass is 15.2. The van der Waals surface area contributed by atoms with Crippen LogP contribution in [0.4, 0.5) is 0 Å². The molecule has 0 amide bonds. The lowest BCUT2D eigenvalue weighted by molar-refractivity contribution is 0.221. The summed E-state index contributed by atoms with van der Waals surface area (Å²) in [5.74, 6) is 7.34. The Bertz CT molecular complexity index is 337. The normalized spacial score (nSPS) is 15.9. The molecule has 0 aliphatic heterocycles. The van der Waals surface area contributed by atoms with Crippen LogP contribution in [0.25, 0.3) is 0 Å². The summed E-state index contributed by atoms with van der Waals surface area (Å²) in [4.78, 5) is 4.34. The largest absolute Gasteiger partial charge is 0.338 e. The topological polar surface area (TPSA) is 55.9 Å². The van der Waals surface area contributed by atoms with E-state index in [1.807, 2.05) is 24.0 Å². The lowest BCUT2D eigenvalue weighted by Crippen LogP contribution is -2.40. The minimum Gasteiger partial charge on any atom is -0.338 e. The van der Waals surface area contributed by atoms with Crippen LogP contribution in [0.1, 0.15) is 39.9 Å². The van der Waals surface area contributed by atoms with E-state index in [1.54, 1.807) is 0 Å². The van der Waals surface area contributed by atoms with Crippen molar-refractivity contribution in [2.45, 2.75) is 46.6 Å². The van der Waals surface area contributed by atoms with Crippen LogP contribution in [0.15, 0.2) is 12.4 Å². The van der Waals surface area contributed by atoms with Gasteiger partial charge in [0.2, 0.25) is 0 Å². The molecular weight excluding hydrogens is 212 g/mol. The minimum atomic E-state index is 0.283. The number of hydrogen-bond acceptors (Lipinski definition) is 3. The molecule has 0 saturated heterocycles. The van der Waals surface area contributed by atoms with Crippen molar-refractivity contribution in [2.24, 2.45) is 24.2 Å². The second-order valence-corrected chi connectivity index (χ2v) is 6.02. The molecule has 2 atom stereocenters. The van der Waals surface area contributed by atoms with Gasteiger partial charge in [0.1, 0.15) is 5.82 Å². The number of nitrogens with zero attached hydrogens (tertiary/aromatic N) is 2. The summed E-state index contributed by atoms with van der Waals surface area (Å²) in [6, 6.07) is 0.283. The number of nitrogens with two attached hydrogens (primary N) is 1. The number of rotatable bonds is 5. The average molecular weight is 238 g/mol. The fraction of sp³-hybridized carbons (Fsp3) is 0.769. The van der Waals surface area contributed by atoms with Crippen molar-refractivity contribution < 1.29 is 0 Å². The first kappa shape index (κ1) is 14.2. The van der Waals surface area contributed by atoms with E-state index < -0.39 is 0 Å². The molecule has 0 saturated carbocycles. The third-order valence-corrected chi connectivity index (χ3v) is 3.70. The van der Waals surface area contributed by atoms with Crippen molar-refractivity contribution in [3.05, 3.63) is 18.2 Å². The zero-order valence-corrected chi connectivity index (χ0v) is 11.7. The summed E-state index contributed by atoms with van der Waals surface area (Å²) in [5, 5.41) is 0. The molecule has 1 rings (SSSR count). The van der Waals surface area contributed by atoms with Gasteiger partial charge < -0.3 is 4.57 Å². The first-order chi connectivity index (χ1) is 7.84. The molecule has 2 unspecified atom stereocenters. The molecule has 1 aromatic heterocycles. The Kier molecular flexibility index (Phi) is 4.71. The lowest BCUT2D eigenvalue weighted by Gasteiger charge is -2.30. The quantitative estimate of drug-likeness (QED) is 0.608. The van der Waals surface area contributed by atoms with Crippen molar-refractivity contribution in [2.75, 3.05) is 0 Å². The van der Waals surface area contributed by atoms with Gasteiger partial charge in [0.25, 0.3) is 0 Å². The number of aromatic nitrogens is 2. The van der Waals surface area contributed by atoms with Crippen LogP contribution in [0.3, 0.4) is 0 Å². The van der Waals surface area contributed by atoms with Gasteiger partial charge in [0.15, 0.2) is 0 Å². The van der Waals surface area contributed by atoms with Crippen molar-refractivity contribution in [1.29, 1.82) is 0 Å². The second-order valence-electron chi connectivity index (χ2n) is 6.02. The van der Waals surface area contributed by atoms with E-state index in [4.69, 9.17) is 5.84 Å². The molecule has 0 aliphatic rings. The van der Waals surface area contributed by atoms with Crippen LogP contribution in [-0.4, -0.2) is 15.6 Å². The smallest absolute Gasteiger partial charge is 0.109 e. The maximum absolute atomic E-state index is 5.64. The summed E-state index contributed by atoms with van der Waals surface area (Å²) in [6.07, 6.45) is 5.74. The van der Waals surface area contributed by atoms with Crippen LogP contribution >= 0.6 is 0 Å². The third kappa shape index (κ3) is 4.13. The van der Waals surface area contributed by atoms with E-state index in [1.165, 1.54) is 0 Å². The Balaban J connectivity index is 2.58. The summed E-state index contributed by atoms with van der Waals surface area (Å²) >= 11 is 0. The van der Waals surface area contributed by atoms with Gasteiger partial charge in [-0.1, -0.05) is 27.7 Å². The zero-order valence-electron chi connectivity index (χ0n) is 11.7. The standard InChI is InChI=1S/C13H26N4/c1-10(13(2,3)4)8-11(16-14)9-12-15-6-7-17(12)5/h6-7,10-11,16H,8-9,14H2,1-5H3. The Hall–Kier alpha value is -0.870. The molecule has 3 N–H and O–H groups in total. The molecule has 1 aromatic rings. The van der Waals surface area contributed by atoms with E-state index in [2.05, 4.69) is 38.1 Å². The van der Waals surface area contributed by atoms with Gasteiger partial charge in [-0.3, -0.25) is 11.3 Å². The Morgan fingerprint density at radius 3 is 2.53 bits per heavy atom. The Morgan fingerprint density at radius 2 is 2.12 bits per heavy atom. The predicted molar refractivity (Wildman–Crippen MR) is 71.3 cm³/mol. The highest BCUT2D eigenvalue weighted by molar-refractivity contribution is 4.94. The highest BCUT2D eigenvalue weighted by Gasteiger charge is 2.23. The molecule has 98 valence electrons. The molecular formula is C13H26N4. The molecule has 0 aliphatic carbocycles. The molecule has 17 heavy (non-hydrogen) atoms. The zero-order chi connectivity index (χ0) is 13.1. The van der Waals surface area contributed by atoms with Crippen LogP contribution in [0.5, 0.6) is 0 Å². The molecule has 0 fully saturated rings. The number of hydrazine groups is 1. The van der Waals surface area contributed by atoms with Gasteiger partial charge in [-0.25, -0.2) is 4.98 Å². The summed E-state index contributed by atoms with van der Waals surface area (Å²) in [5.41, 5.74) is 3.23. The van der Waals surface area contributed by atoms with Crippen molar-refractivity contribution in [1.82, 2.24) is 15.0 Å². The predicted octanol–water partition coefficient (Wildman–Crippen LogP) is 1.87. The Morgan fingerprint density at radius 1 is 1.47 bits per heavy atom. The molecule has 4 heteroatoms. The Labute approximate surface area is 105 Å². The average Bonchev–Trinajstić information content (AvgIpc) is 2.61. The van der Waals surface area contributed by atoms with Crippen LogP contribution < -0.4 is 11.3 Å². The molecule has 0 radical (unpaired) electrons. The molecule has 1 heterocycles. The number of nitrogens with one attached hydrogen (secondary N) is 1. The van der Waals surface area contributed by atoms with Gasteiger partial charge in [-0.2, -0.15) is 0 Å². The first-order valence-electron chi connectivity index (χ1n) is 6.27. The third-order valence-electron chi connectivity index (χ3n) is 3.70. The molecule has 0 spiro atoms. The van der Waals surface area contributed by atoms with Gasteiger partial charge >= 0.3 is 0 Å². The van der Waals surface area contributed by atoms with E-state index in [0.29, 0.717) is 11.3 Å². The van der Waals surface area contributed by atoms with E-state index >= 15 is 0 Å². The van der Waals surface area contributed by atoms with Gasteiger partial charge in [-0.15, -0.1) is 0 Å². The van der Waals surface area contributed by atoms with Crippen molar-refractivity contribution in [3.63, 3.8) is 0 Å². The summed E-state index contributed by atoms with van der Waals surface area (Å²) in [7, 11) is 2.02. The van der Waals surface area contributed by atoms with Gasteiger partial charge in [-0.05, 0) is 17.8 Å². The highest BCUT2D eigenvalue weighted by Crippen LogP contribution is 2.29. The van der Waals surface area contributed by atoms with Gasteiger partial charge in [0, 0.05) is 31.9 Å². The maximum atomic E-state index is 5.64. The van der Waals surface area contributed by atoms with Crippen LogP contribution in [0.2, 0.25) is 0 Å². The van der Waals surface area contributed by atoms with E-state index in [9.17, 15) is 0 Å². The number of hydrogen-bond donors (Lipinski definition) is 2. The fourth-order valence-electron chi connectivity index (χ4n) is 1.80. The maximum Gasteiger partial charge on any atom is 0.109 e. The molecule has 0 aromatic carbocycles. The molecule has 4 nitrogen and oxygen atoms in total. The van der Waals surface area contributed by atoms with Crippen LogP contribution in [-0.2, 0) is 13.5 Å². The second kappa shape index (κ2) is 5.65. The van der Waals surface area contributed by atoms with Crippen molar-refractivity contribution in [3.8, 4) is 0 Å². The monoisotopic (exact) mass is 238 g/mol. The van der Waals surface area contributed by atoms with Crippen LogP contribution in [0, 0.1) is 11.3 Å².